The predicted octanol–water partition coefficient (Wildman–Crippen LogP) is 3.75. The van der Waals surface area contributed by atoms with E-state index < -0.39 is 10.0 Å². The molecular formula is C19H23ClN2O2S2. The van der Waals surface area contributed by atoms with Gasteiger partial charge in [0.15, 0.2) is 0 Å². The Labute approximate surface area is 164 Å². The van der Waals surface area contributed by atoms with Crippen LogP contribution in [0.4, 0.5) is 0 Å². The van der Waals surface area contributed by atoms with Crippen molar-refractivity contribution in [3.63, 3.8) is 0 Å². The summed E-state index contributed by atoms with van der Waals surface area (Å²) >= 11 is 7.99. The molecule has 7 heteroatoms. The molecule has 2 aliphatic heterocycles. The van der Waals surface area contributed by atoms with Crippen LogP contribution in [0.3, 0.4) is 0 Å². The highest BCUT2D eigenvalue weighted by molar-refractivity contribution is 7.88. The maximum atomic E-state index is 12.8. The SMILES string of the molecule is O=S(=O)(Cc1ccccc1Cl)N1CCC(N2CCc3sccc3C2)CC1. The zero-order valence-corrected chi connectivity index (χ0v) is 17.0. The Bertz CT molecular complexity index is 873. The fourth-order valence-corrected chi connectivity index (χ4v) is 6.74. The second-order valence-corrected chi connectivity index (χ2v) is 10.4. The number of rotatable bonds is 4. The maximum absolute atomic E-state index is 12.8. The monoisotopic (exact) mass is 410 g/mol. The van der Waals surface area contributed by atoms with Gasteiger partial charge in [0.2, 0.25) is 10.0 Å². The van der Waals surface area contributed by atoms with Crippen LogP contribution in [-0.2, 0) is 28.7 Å². The van der Waals surface area contributed by atoms with E-state index in [-0.39, 0.29) is 5.75 Å². The zero-order valence-electron chi connectivity index (χ0n) is 14.6. The molecule has 1 aromatic heterocycles. The van der Waals surface area contributed by atoms with E-state index in [0.717, 1.165) is 32.4 Å². The molecule has 0 atom stereocenters. The Hall–Kier alpha value is -0.920. The van der Waals surface area contributed by atoms with Crippen LogP contribution in [0.25, 0.3) is 0 Å². The van der Waals surface area contributed by atoms with E-state index >= 15 is 0 Å². The molecule has 1 aromatic carbocycles. The highest BCUT2D eigenvalue weighted by Gasteiger charge is 2.32. The molecule has 0 radical (unpaired) electrons. The molecule has 0 bridgehead atoms. The first-order chi connectivity index (χ1) is 12.5. The maximum Gasteiger partial charge on any atom is 0.218 e. The van der Waals surface area contributed by atoms with Gasteiger partial charge >= 0.3 is 0 Å². The number of benzene rings is 1. The van der Waals surface area contributed by atoms with E-state index in [2.05, 4.69) is 16.3 Å². The first kappa shape index (κ1) is 18.4. The van der Waals surface area contributed by atoms with Crippen molar-refractivity contribution < 1.29 is 8.42 Å². The van der Waals surface area contributed by atoms with Crippen molar-refractivity contribution in [2.45, 2.75) is 37.6 Å². The summed E-state index contributed by atoms with van der Waals surface area (Å²) in [6, 6.07) is 9.90. The molecule has 1 fully saturated rings. The van der Waals surface area contributed by atoms with Crippen molar-refractivity contribution >= 4 is 33.0 Å². The predicted molar refractivity (Wildman–Crippen MR) is 107 cm³/mol. The van der Waals surface area contributed by atoms with Gasteiger partial charge in [0, 0.05) is 42.1 Å². The second-order valence-electron chi connectivity index (χ2n) is 7.07. The van der Waals surface area contributed by atoms with Gasteiger partial charge in [0.05, 0.1) is 5.75 Å². The lowest BCUT2D eigenvalue weighted by atomic mass is 10.0. The number of halogens is 1. The Morgan fingerprint density at radius 3 is 2.65 bits per heavy atom. The van der Waals surface area contributed by atoms with Gasteiger partial charge in [-0.05, 0) is 47.9 Å². The van der Waals surface area contributed by atoms with Gasteiger partial charge in [-0.3, -0.25) is 4.90 Å². The smallest absolute Gasteiger partial charge is 0.218 e. The summed E-state index contributed by atoms with van der Waals surface area (Å²) in [7, 11) is -3.32. The number of sulfonamides is 1. The summed E-state index contributed by atoms with van der Waals surface area (Å²) in [6.07, 6.45) is 2.93. The number of hydrogen-bond acceptors (Lipinski definition) is 4. The largest absolute Gasteiger partial charge is 0.296 e. The molecule has 2 aliphatic rings. The number of piperidine rings is 1. The van der Waals surface area contributed by atoms with Crippen LogP contribution in [0.2, 0.25) is 5.02 Å². The van der Waals surface area contributed by atoms with E-state index in [4.69, 9.17) is 11.6 Å². The van der Waals surface area contributed by atoms with Gasteiger partial charge < -0.3 is 0 Å². The van der Waals surface area contributed by atoms with E-state index in [1.54, 1.807) is 16.4 Å². The van der Waals surface area contributed by atoms with Gasteiger partial charge in [-0.15, -0.1) is 11.3 Å². The highest BCUT2D eigenvalue weighted by atomic mass is 35.5. The van der Waals surface area contributed by atoms with E-state index in [1.165, 1.54) is 10.4 Å². The fourth-order valence-electron chi connectivity index (χ4n) is 3.97. The first-order valence-electron chi connectivity index (χ1n) is 9.03. The van der Waals surface area contributed by atoms with Crippen molar-refractivity contribution in [2.75, 3.05) is 19.6 Å². The van der Waals surface area contributed by atoms with Gasteiger partial charge in [0.1, 0.15) is 0 Å². The summed E-state index contributed by atoms with van der Waals surface area (Å²) in [5, 5.41) is 2.70. The van der Waals surface area contributed by atoms with Crippen LogP contribution in [0, 0.1) is 0 Å². The number of fused-ring (bicyclic) bond motifs is 1. The molecule has 2 aromatic rings. The number of hydrogen-bond donors (Lipinski definition) is 0. The third kappa shape index (κ3) is 3.85. The number of thiophene rings is 1. The molecule has 4 rings (SSSR count). The Balaban J connectivity index is 1.37. The number of nitrogens with zero attached hydrogens (tertiary/aromatic N) is 2. The Morgan fingerprint density at radius 1 is 1.12 bits per heavy atom. The summed E-state index contributed by atoms with van der Waals surface area (Å²) in [4.78, 5) is 4.05. The standard InChI is InChI=1S/C19H23ClN2O2S2/c20-18-4-2-1-3-16(18)14-26(23,24)22-10-5-17(6-11-22)21-9-7-19-15(13-21)8-12-25-19/h1-4,8,12,17H,5-7,9-11,13-14H2. The molecule has 0 amide bonds. The second kappa shape index (κ2) is 7.60. The molecule has 0 N–H and O–H groups in total. The molecule has 4 nitrogen and oxygen atoms in total. The average Bonchev–Trinajstić information content (AvgIpc) is 3.11. The summed E-state index contributed by atoms with van der Waals surface area (Å²) in [6.45, 7) is 3.30. The minimum Gasteiger partial charge on any atom is -0.296 e. The normalized spacial score (nSPS) is 20.2. The highest BCUT2D eigenvalue weighted by Crippen LogP contribution is 2.29. The fraction of sp³-hybridized carbons (Fsp3) is 0.474. The quantitative estimate of drug-likeness (QED) is 0.770. The molecule has 3 heterocycles. The lowest BCUT2D eigenvalue weighted by Crippen LogP contribution is -2.48. The minimum absolute atomic E-state index is 0.0146. The van der Waals surface area contributed by atoms with Gasteiger partial charge in [0.25, 0.3) is 0 Å². The third-order valence-corrected chi connectivity index (χ3v) is 8.69. The van der Waals surface area contributed by atoms with Crippen LogP contribution in [0.1, 0.15) is 28.8 Å². The molecule has 0 unspecified atom stereocenters. The summed E-state index contributed by atoms with van der Waals surface area (Å²) in [5.41, 5.74) is 2.13. The Morgan fingerprint density at radius 2 is 1.88 bits per heavy atom. The summed E-state index contributed by atoms with van der Waals surface area (Å²) in [5.74, 6) is -0.0146. The van der Waals surface area contributed by atoms with Gasteiger partial charge in [-0.1, -0.05) is 29.8 Å². The van der Waals surface area contributed by atoms with Gasteiger partial charge in [-0.2, -0.15) is 0 Å². The molecule has 0 spiro atoms. The van der Waals surface area contributed by atoms with Crippen LogP contribution in [0.15, 0.2) is 35.7 Å². The van der Waals surface area contributed by atoms with Crippen molar-refractivity contribution in [2.24, 2.45) is 0 Å². The van der Waals surface area contributed by atoms with Crippen molar-refractivity contribution in [3.05, 3.63) is 56.7 Å². The van der Waals surface area contributed by atoms with E-state index in [1.807, 2.05) is 23.5 Å². The molecular weight excluding hydrogens is 388 g/mol. The topological polar surface area (TPSA) is 40.6 Å². The first-order valence-corrected chi connectivity index (χ1v) is 11.9. The third-order valence-electron chi connectivity index (χ3n) is 5.47. The molecule has 140 valence electrons. The van der Waals surface area contributed by atoms with Crippen LogP contribution in [0.5, 0.6) is 0 Å². The summed E-state index contributed by atoms with van der Waals surface area (Å²) < 4.78 is 27.2. The van der Waals surface area contributed by atoms with Crippen LogP contribution < -0.4 is 0 Å². The van der Waals surface area contributed by atoms with E-state index in [0.29, 0.717) is 29.7 Å². The lowest BCUT2D eigenvalue weighted by Gasteiger charge is -2.39. The zero-order chi connectivity index (χ0) is 18.1. The lowest BCUT2D eigenvalue weighted by molar-refractivity contribution is 0.127. The molecule has 0 aliphatic carbocycles. The molecule has 0 saturated carbocycles. The van der Waals surface area contributed by atoms with E-state index in [9.17, 15) is 8.42 Å². The van der Waals surface area contributed by atoms with Gasteiger partial charge in [-0.25, -0.2) is 12.7 Å². The van der Waals surface area contributed by atoms with Crippen molar-refractivity contribution in [1.29, 1.82) is 0 Å². The Kier molecular flexibility index (Phi) is 5.39. The van der Waals surface area contributed by atoms with Crippen molar-refractivity contribution in [3.8, 4) is 0 Å². The van der Waals surface area contributed by atoms with Crippen molar-refractivity contribution in [1.82, 2.24) is 9.21 Å². The van der Waals surface area contributed by atoms with Crippen LogP contribution in [-0.4, -0.2) is 43.3 Å². The van der Waals surface area contributed by atoms with Crippen LogP contribution >= 0.6 is 22.9 Å². The average molecular weight is 411 g/mol. The molecule has 26 heavy (non-hydrogen) atoms. The minimum atomic E-state index is -3.32. The molecule has 1 saturated heterocycles.